The molecule has 0 unspecified atom stereocenters. The molecule has 1 aliphatic carbocycles. The molecule has 0 bridgehead atoms. The summed E-state index contributed by atoms with van der Waals surface area (Å²) in [6, 6.07) is 8.88. The van der Waals surface area contributed by atoms with E-state index in [-0.39, 0.29) is 17.9 Å². The number of pyridine rings is 1. The Morgan fingerprint density at radius 2 is 1.93 bits per heavy atom. The van der Waals surface area contributed by atoms with Crippen LogP contribution < -0.4 is 5.73 Å². The normalized spacial score (nSPS) is 19.9. The van der Waals surface area contributed by atoms with E-state index in [0.29, 0.717) is 17.2 Å². The molecule has 7 nitrogen and oxygen atoms in total. The smallest absolute Gasteiger partial charge is 0.176 e. The van der Waals surface area contributed by atoms with E-state index in [2.05, 4.69) is 19.7 Å². The predicted octanol–water partition coefficient (Wildman–Crippen LogP) is 3.26. The maximum absolute atomic E-state index is 14.6. The standard InChI is InChI=1S/C20H20FN7/c21-16-7-2-1-6-15(16)20-26-17-11-19(28-24-8-9-25-28)23-12-18(17)27(20)14-5-3-4-13(22)10-14/h1-2,6-9,11-14H,3-5,10,22H2/t13-,14+/m0/s1. The highest BCUT2D eigenvalue weighted by Crippen LogP contribution is 2.36. The molecule has 1 saturated carbocycles. The Kier molecular flexibility index (Phi) is 4.12. The van der Waals surface area contributed by atoms with Crippen molar-refractivity contribution in [3.8, 4) is 17.2 Å². The first kappa shape index (κ1) is 17.0. The largest absolute Gasteiger partial charge is 0.328 e. The topological polar surface area (TPSA) is 87.4 Å². The lowest BCUT2D eigenvalue weighted by Gasteiger charge is -2.29. The molecule has 4 aromatic rings. The molecule has 1 aliphatic rings. The fourth-order valence-corrected chi connectivity index (χ4v) is 4.07. The number of hydrogen-bond donors (Lipinski definition) is 1. The van der Waals surface area contributed by atoms with Crippen molar-refractivity contribution in [3.05, 3.63) is 54.7 Å². The van der Waals surface area contributed by atoms with Gasteiger partial charge in [-0.2, -0.15) is 10.2 Å². The third kappa shape index (κ3) is 2.86. The van der Waals surface area contributed by atoms with Crippen molar-refractivity contribution in [3.63, 3.8) is 0 Å². The number of nitrogens with zero attached hydrogens (tertiary/aromatic N) is 6. The quantitative estimate of drug-likeness (QED) is 0.592. The summed E-state index contributed by atoms with van der Waals surface area (Å²) < 4.78 is 16.7. The van der Waals surface area contributed by atoms with Crippen molar-refractivity contribution in [2.45, 2.75) is 37.8 Å². The van der Waals surface area contributed by atoms with E-state index in [4.69, 9.17) is 10.7 Å². The summed E-state index contributed by atoms with van der Waals surface area (Å²) in [5, 5.41) is 8.25. The zero-order valence-electron chi connectivity index (χ0n) is 15.2. The van der Waals surface area contributed by atoms with Crippen LogP contribution in [0.25, 0.3) is 28.2 Å². The average molecular weight is 377 g/mol. The number of imidazole rings is 1. The molecule has 8 heteroatoms. The number of hydrogen-bond acceptors (Lipinski definition) is 5. The van der Waals surface area contributed by atoms with Gasteiger partial charge in [0.25, 0.3) is 0 Å². The number of aromatic nitrogens is 6. The first-order valence-electron chi connectivity index (χ1n) is 9.46. The van der Waals surface area contributed by atoms with Gasteiger partial charge in [-0.15, -0.1) is 4.80 Å². The highest BCUT2D eigenvalue weighted by Gasteiger charge is 2.26. The maximum atomic E-state index is 14.6. The minimum atomic E-state index is -0.291. The van der Waals surface area contributed by atoms with Gasteiger partial charge in [0.2, 0.25) is 0 Å². The van der Waals surface area contributed by atoms with E-state index >= 15 is 0 Å². The van der Waals surface area contributed by atoms with Crippen LogP contribution in [-0.2, 0) is 0 Å². The highest BCUT2D eigenvalue weighted by atomic mass is 19.1. The fourth-order valence-electron chi connectivity index (χ4n) is 4.07. The molecule has 2 N–H and O–H groups in total. The molecule has 1 aromatic carbocycles. The Balaban J connectivity index is 1.72. The lowest BCUT2D eigenvalue weighted by atomic mass is 9.91. The highest BCUT2D eigenvalue weighted by molar-refractivity contribution is 5.81. The summed E-state index contributed by atoms with van der Waals surface area (Å²) in [6.07, 6.45) is 8.86. The Morgan fingerprint density at radius 3 is 2.71 bits per heavy atom. The van der Waals surface area contributed by atoms with Crippen LogP contribution in [-0.4, -0.2) is 35.6 Å². The van der Waals surface area contributed by atoms with Crippen LogP contribution in [0.15, 0.2) is 48.9 Å². The molecule has 0 spiro atoms. The van der Waals surface area contributed by atoms with Crippen LogP contribution in [0, 0.1) is 5.82 Å². The lowest BCUT2D eigenvalue weighted by Crippen LogP contribution is -2.29. The Morgan fingerprint density at radius 1 is 1.11 bits per heavy atom. The van der Waals surface area contributed by atoms with Gasteiger partial charge in [0.1, 0.15) is 11.6 Å². The molecule has 0 radical (unpaired) electrons. The Labute approximate surface area is 161 Å². The second-order valence-electron chi connectivity index (χ2n) is 7.22. The van der Waals surface area contributed by atoms with Crippen molar-refractivity contribution < 1.29 is 4.39 Å². The van der Waals surface area contributed by atoms with Gasteiger partial charge in [0.05, 0.1) is 35.2 Å². The third-order valence-electron chi connectivity index (χ3n) is 5.35. The number of nitrogens with two attached hydrogens (primary N) is 1. The van der Waals surface area contributed by atoms with Crippen molar-refractivity contribution >= 4 is 11.0 Å². The molecular formula is C20H20FN7. The van der Waals surface area contributed by atoms with Crippen LogP contribution in [0.4, 0.5) is 4.39 Å². The zero-order valence-corrected chi connectivity index (χ0v) is 15.2. The molecule has 5 rings (SSSR count). The van der Waals surface area contributed by atoms with Crippen LogP contribution >= 0.6 is 0 Å². The van der Waals surface area contributed by atoms with E-state index in [9.17, 15) is 4.39 Å². The van der Waals surface area contributed by atoms with Gasteiger partial charge in [-0.1, -0.05) is 12.1 Å². The van der Waals surface area contributed by atoms with Crippen LogP contribution in [0.2, 0.25) is 0 Å². The van der Waals surface area contributed by atoms with E-state index < -0.39 is 0 Å². The lowest BCUT2D eigenvalue weighted by molar-refractivity contribution is 0.327. The van der Waals surface area contributed by atoms with Crippen molar-refractivity contribution in [2.24, 2.45) is 5.73 Å². The van der Waals surface area contributed by atoms with E-state index in [0.717, 1.165) is 36.7 Å². The van der Waals surface area contributed by atoms with Gasteiger partial charge in [0, 0.05) is 18.2 Å². The molecule has 142 valence electrons. The van der Waals surface area contributed by atoms with Gasteiger partial charge in [-0.3, -0.25) is 0 Å². The van der Waals surface area contributed by atoms with Crippen molar-refractivity contribution in [2.75, 3.05) is 0 Å². The first-order valence-corrected chi connectivity index (χ1v) is 9.46. The summed E-state index contributed by atoms with van der Waals surface area (Å²) in [6.45, 7) is 0. The predicted molar refractivity (Wildman–Crippen MR) is 103 cm³/mol. The van der Waals surface area contributed by atoms with Gasteiger partial charge in [0.15, 0.2) is 5.82 Å². The number of halogens is 1. The second kappa shape index (κ2) is 6.79. The molecule has 0 saturated heterocycles. The molecule has 1 fully saturated rings. The minimum Gasteiger partial charge on any atom is -0.328 e. The van der Waals surface area contributed by atoms with E-state index in [1.54, 1.807) is 30.7 Å². The molecule has 0 aliphatic heterocycles. The monoisotopic (exact) mass is 377 g/mol. The number of fused-ring (bicyclic) bond motifs is 1. The van der Waals surface area contributed by atoms with Gasteiger partial charge in [-0.05, 0) is 37.8 Å². The van der Waals surface area contributed by atoms with Crippen molar-refractivity contribution in [1.29, 1.82) is 0 Å². The maximum Gasteiger partial charge on any atom is 0.176 e. The van der Waals surface area contributed by atoms with E-state index in [1.807, 2.05) is 12.1 Å². The van der Waals surface area contributed by atoms with Crippen LogP contribution in [0.5, 0.6) is 0 Å². The summed E-state index contributed by atoms with van der Waals surface area (Å²) in [5.74, 6) is 0.892. The van der Waals surface area contributed by atoms with E-state index in [1.165, 1.54) is 10.9 Å². The number of benzene rings is 1. The van der Waals surface area contributed by atoms with Crippen LogP contribution in [0.1, 0.15) is 31.7 Å². The van der Waals surface area contributed by atoms with Gasteiger partial charge < -0.3 is 10.3 Å². The molecule has 2 atom stereocenters. The Hall–Kier alpha value is -3.13. The summed E-state index contributed by atoms with van der Waals surface area (Å²) in [7, 11) is 0. The molecule has 3 heterocycles. The molecule has 0 amide bonds. The third-order valence-corrected chi connectivity index (χ3v) is 5.35. The average Bonchev–Trinajstić information content (AvgIpc) is 3.36. The Bertz CT molecular complexity index is 1120. The SMILES string of the molecule is N[C@H]1CCC[C@@H](n2c(-c3ccccc3F)nc3cc(-n4nccn4)ncc32)C1. The van der Waals surface area contributed by atoms with Gasteiger partial charge in [-0.25, -0.2) is 14.4 Å². The van der Waals surface area contributed by atoms with Crippen molar-refractivity contribution in [1.82, 2.24) is 29.5 Å². The first-order chi connectivity index (χ1) is 13.7. The minimum absolute atomic E-state index is 0.144. The molecular weight excluding hydrogens is 357 g/mol. The van der Waals surface area contributed by atoms with Crippen LogP contribution in [0.3, 0.4) is 0 Å². The molecule has 28 heavy (non-hydrogen) atoms. The second-order valence-corrected chi connectivity index (χ2v) is 7.22. The van der Waals surface area contributed by atoms with Gasteiger partial charge >= 0.3 is 0 Å². The summed E-state index contributed by atoms with van der Waals surface area (Å²) >= 11 is 0. The molecule has 3 aromatic heterocycles. The summed E-state index contributed by atoms with van der Waals surface area (Å²) in [5.41, 5.74) is 8.33. The number of rotatable bonds is 3. The fraction of sp³-hybridized carbons (Fsp3) is 0.300. The summed E-state index contributed by atoms with van der Waals surface area (Å²) in [4.78, 5) is 10.7. The zero-order chi connectivity index (χ0) is 19.1.